The number of pyridine rings is 1. The smallest absolute Gasteiger partial charge is 0.319 e. The van der Waals surface area contributed by atoms with Crippen LogP contribution in [0, 0.1) is 6.92 Å². The zero-order valence-electron chi connectivity index (χ0n) is 12.6. The number of hydrogen-bond acceptors (Lipinski definition) is 3. The number of likely N-dealkylation sites (tertiary alicyclic amines) is 1. The molecule has 0 radical (unpaired) electrons. The van der Waals surface area contributed by atoms with E-state index in [-0.39, 0.29) is 6.03 Å². The minimum atomic E-state index is 0.117. The summed E-state index contributed by atoms with van der Waals surface area (Å²) in [5, 5.41) is 3.55. The number of nitrogens with zero attached hydrogens (tertiary/aromatic N) is 3. The number of amides is 2. The second-order valence-corrected chi connectivity index (χ2v) is 5.63. The Morgan fingerprint density at radius 3 is 2.65 bits per heavy atom. The number of hydrogen-bond donors (Lipinski definition) is 1. The Labute approximate surface area is 121 Å². The van der Waals surface area contributed by atoms with E-state index in [1.807, 2.05) is 24.1 Å². The van der Waals surface area contributed by atoms with E-state index in [9.17, 15) is 4.79 Å². The molecule has 0 aliphatic carbocycles. The summed E-state index contributed by atoms with van der Waals surface area (Å²) in [6.45, 7) is 4.51. The van der Waals surface area contributed by atoms with E-state index in [0.29, 0.717) is 6.04 Å². The molecular weight excluding hydrogens is 252 g/mol. The van der Waals surface area contributed by atoms with E-state index in [2.05, 4.69) is 16.4 Å². The molecule has 5 heteroatoms. The summed E-state index contributed by atoms with van der Waals surface area (Å²) in [6, 6.07) is 4.75. The largest absolute Gasteiger partial charge is 0.331 e. The van der Waals surface area contributed by atoms with Gasteiger partial charge < -0.3 is 15.1 Å². The summed E-state index contributed by atoms with van der Waals surface area (Å²) >= 11 is 0. The number of aromatic nitrogens is 1. The van der Waals surface area contributed by atoms with Crippen LogP contribution in [0.25, 0.3) is 0 Å². The molecule has 5 nitrogen and oxygen atoms in total. The highest BCUT2D eigenvalue weighted by atomic mass is 16.2. The van der Waals surface area contributed by atoms with E-state index < -0.39 is 0 Å². The molecular formula is C15H24N4O. The summed E-state index contributed by atoms with van der Waals surface area (Å²) in [6.07, 6.45) is 3.95. The third-order valence-corrected chi connectivity index (χ3v) is 3.72. The van der Waals surface area contributed by atoms with Gasteiger partial charge in [-0.2, -0.15) is 0 Å². The van der Waals surface area contributed by atoms with Crippen LogP contribution in [0.1, 0.15) is 24.1 Å². The van der Waals surface area contributed by atoms with Gasteiger partial charge in [0.2, 0.25) is 0 Å². The Kier molecular flexibility index (Phi) is 4.95. The molecule has 110 valence electrons. The minimum Gasteiger partial charge on any atom is -0.331 e. The lowest BCUT2D eigenvalue weighted by Crippen LogP contribution is -2.47. The van der Waals surface area contributed by atoms with Gasteiger partial charge >= 0.3 is 6.03 Å². The van der Waals surface area contributed by atoms with Crippen molar-refractivity contribution in [1.82, 2.24) is 20.1 Å². The fraction of sp³-hybridized carbons (Fsp3) is 0.600. The molecule has 0 atom stereocenters. The Bertz CT molecular complexity index is 436. The quantitative estimate of drug-likeness (QED) is 0.913. The lowest BCUT2D eigenvalue weighted by atomic mass is 10.0. The molecule has 1 fully saturated rings. The van der Waals surface area contributed by atoms with Gasteiger partial charge in [0.15, 0.2) is 0 Å². The summed E-state index contributed by atoms with van der Waals surface area (Å²) in [5.41, 5.74) is 2.26. The monoisotopic (exact) mass is 276 g/mol. The molecule has 1 N–H and O–H groups in total. The number of carbonyl (C=O) groups excluding carboxylic acids is 1. The number of carbonyl (C=O) groups is 1. The fourth-order valence-corrected chi connectivity index (χ4v) is 2.42. The Morgan fingerprint density at radius 2 is 2.10 bits per heavy atom. The van der Waals surface area contributed by atoms with Crippen LogP contribution in [0.3, 0.4) is 0 Å². The van der Waals surface area contributed by atoms with Gasteiger partial charge in [0.05, 0.1) is 0 Å². The van der Waals surface area contributed by atoms with E-state index in [4.69, 9.17) is 0 Å². The van der Waals surface area contributed by atoms with Crippen molar-refractivity contribution in [1.29, 1.82) is 0 Å². The highest BCUT2D eigenvalue weighted by Gasteiger charge is 2.23. The van der Waals surface area contributed by atoms with Gasteiger partial charge in [0.1, 0.15) is 0 Å². The Morgan fingerprint density at radius 1 is 1.40 bits per heavy atom. The van der Waals surface area contributed by atoms with Crippen LogP contribution in [0.4, 0.5) is 4.79 Å². The molecule has 0 aromatic carbocycles. The van der Waals surface area contributed by atoms with Crippen molar-refractivity contribution in [2.24, 2.45) is 0 Å². The van der Waals surface area contributed by atoms with Gasteiger partial charge in [-0.3, -0.25) is 4.98 Å². The third-order valence-electron chi connectivity index (χ3n) is 3.72. The van der Waals surface area contributed by atoms with E-state index >= 15 is 0 Å². The maximum absolute atomic E-state index is 11.8. The molecule has 2 rings (SSSR count). The van der Waals surface area contributed by atoms with Crippen LogP contribution >= 0.6 is 0 Å². The third kappa shape index (κ3) is 3.93. The SMILES string of the molecule is Cc1ccc(CNC2CCN(C(=O)N(C)C)CC2)cn1. The van der Waals surface area contributed by atoms with Crippen molar-refractivity contribution in [2.45, 2.75) is 32.4 Å². The van der Waals surface area contributed by atoms with Crippen molar-refractivity contribution in [3.8, 4) is 0 Å². The van der Waals surface area contributed by atoms with Gasteiger partial charge in [-0.15, -0.1) is 0 Å². The molecule has 20 heavy (non-hydrogen) atoms. The lowest BCUT2D eigenvalue weighted by Gasteiger charge is -2.34. The van der Waals surface area contributed by atoms with Crippen molar-refractivity contribution >= 4 is 6.03 Å². The lowest BCUT2D eigenvalue weighted by molar-refractivity contribution is 0.152. The van der Waals surface area contributed by atoms with E-state index in [1.165, 1.54) is 5.56 Å². The van der Waals surface area contributed by atoms with Gasteiger partial charge in [-0.05, 0) is 31.4 Å². The highest BCUT2D eigenvalue weighted by molar-refractivity contribution is 5.73. The zero-order valence-corrected chi connectivity index (χ0v) is 12.6. The fourth-order valence-electron chi connectivity index (χ4n) is 2.42. The van der Waals surface area contributed by atoms with Crippen LogP contribution in [0.2, 0.25) is 0 Å². The van der Waals surface area contributed by atoms with E-state index in [1.54, 1.807) is 19.0 Å². The summed E-state index contributed by atoms with van der Waals surface area (Å²) in [7, 11) is 3.61. The average molecular weight is 276 g/mol. The molecule has 1 aromatic rings. The molecule has 1 saturated heterocycles. The summed E-state index contributed by atoms with van der Waals surface area (Å²) in [4.78, 5) is 19.7. The first-order valence-electron chi connectivity index (χ1n) is 7.17. The standard InChI is InChI=1S/C15H24N4O/c1-12-4-5-13(10-16-12)11-17-14-6-8-19(9-7-14)15(20)18(2)3/h4-5,10,14,17H,6-9,11H2,1-3H3. The molecule has 0 bridgehead atoms. The van der Waals surface area contributed by atoms with Crippen molar-refractivity contribution < 1.29 is 4.79 Å². The van der Waals surface area contributed by atoms with Crippen LogP contribution < -0.4 is 5.32 Å². The molecule has 2 amide bonds. The number of urea groups is 1. The van der Waals surface area contributed by atoms with Crippen LogP contribution in [0.5, 0.6) is 0 Å². The molecule has 1 aliphatic heterocycles. The second kappa shape index (κ2) is 6.70. The van der Waals surface area contributed by atoms with E-state index in [0.717, 1.165) is 38.2 Å². The first-order chi connectivity index (χ1) is 9.56. The molecule has 0 saturated carbocycles. The van der Waals surface area contributed by atoms with Crippen LogP contribution in [-0.2, 0) is 6.54 Å². The number of piperidine rings is 1. The number of rotatable bonds is 3. The number of nitrogens with one attached hydrogen (secondary N) is 1. The van der Waals surface area contributed by atoms with Crippen molar-refractivity contribution in [2.75, 3.05) is 27.2 Å². The van der Waals surface area contributed by atoms with Crippen molar-refractivity contribution in [3.05, 3.63) is 29.6 Å². The van der Waals surface area contributed by atoms with Gasteiger partial charge in [0.25, 0.3) is 0 Å². The predicted molar refractivity (Wildman–Crippen MR) is 79.5 cm³/mol. The first kappa shape index (κ1) is 14.8. The van der Waals surface area contributed by atoms with Crippen LogP contribution in [0.15, 0.2) is 18.3 Å². The van der Waals surface area contributed by atoms with Crippen LogP contribution in [-0.4, -0.2) is 54.0 Å². The first-order valence-corrected chi connectivity index (χ1v) is 7.17. The highest BCUT2D eigenvalue weighted by Crippen LogP contribution is 2.12. The molecule has 0 spiro atoms. The zero-order chi connectivity index (χ0) is 14.5. The summed E-state index contributed by atoms with van der Waals surface area (Å²) < 4.78 is 0. The topological polar surface area (TPSA) is 48.5 Å². The van der Waals surface area contributed by atoms with Crippen molar-refractivity contribution in [3.63, 3.8) is 0 Å². The summed E-state index contributed by atoms with van der Waals surface area (Å²) in [5.74, 6) is 0. The normalized spacial score (nSPS) is 16.2. The number of aryl methyl sites for hydroxylation is 1. The van der Waals surface area contributed by atoms with Gasteiger partial charge in [-0.1, -0.05) is 6.07 Å². The Balaban J connectivity index is 1.74. The predicted octanol–water partition coefficient (Wildman–Crippen LogP) is 1.63. The maximum Gasteiger partial charge on any atom is 0.319 e. The molecule has 0 unspecified atom stereocenters. The van der Waals surface area contributed by atoms with Gasteiger partial charge in [-0.25, -0.2) is 4.79 Å². The van der Waals surface area contributed by atoms with Gasteiger partial charge in [0, 0.05) is 51.7 Å². The molecule has 2 heterocycles. The Hall–Kier alpha value is -1.62. The minimum absolute atomic E-state index is 0.117. The molecule has 1 aliphatic rings. The average Bonchev–Trinajstić information content (AvgIpc) is 2.46. The molecule has 1 aromatic heterocycles. The maximum atomic E-state index is 11.8. The second-order valence-electron chi connectivity index (χ2n) is 5.63.